The zero-order valence-corrected chi connectivity index (χ0v) is 13.8. The van der Waals surface area contributed by atoms with Crippen molar-refractivity contribution in [1.29, 1.82) is 0 Å². The standard InChI is InChI=1S/C15H20ClNO3S/c1-3-12(9-11-4-5-11)17-15(18)14-7-6-13(8-10(14)2)21(16,19)20/h6-8,11-12H,3-5,9H2,1-2H3,(H,17,18). The number of carbonyl (C=O) groups excluding carboxylic acids is 1. The van der Waals surface area contributed by atoms with Crippen LogP contribution >= 0.6 is 10.7 Å². The molecule has 0 radical (unpaired) electrons. The molecule has 1 aliphatic carbocycles. The summed E-state index contributed by atoms with van der Waals surface area (Å²) < 4.78 is 22.6. The van der Waals surface area contributed by atoms with Crippen molar-refractivity contribution in [2.24, 2.45) is 5.92 Å². The molecule has 0 aliphatic heterocycles. The third-order valence-corrected chi connectivity index (χ3v) is 5.22. The van der Waals surface area contributed by atoms with Gasteiger partial charge in [-0.15, -0.1) is 0 Å². The van der Waals surface area contributed by atoms with Crippen LogP contribution in [0.2, 0.25) is 0 Å². The van der Waals surface area contributed by atoms with E-state index in [1.807, 2.05) is 0 Å². The van der Waals surface area contributed by atoms with Crippen LogP contribution in [-0.2, 0) is 9.05 Å². The van der Waals surface area contributed by atoms with Crippen LogP contribution in [-0.4, -0.2) is 20.4 Å². The highest BCUT2D eigenvalue weighted by atomic mass is 35.7. The summed E-state index contributed by atoms with van der Waals surface area (Å²) in [5, 5.41) is 3.03. The summed E-state index contributed by atoms with van der Waals surface area (Å²) in [6.45, 7) is 3.77. The monoisotopic (exact) mass is 329 g/mol. The topological polar surface area (TPSA) is 63.2 Å². The average Bonchev–Trinajstić information content (AvgIpc) is 3.20. The van der Waals surface area contributed by atoms with Crippen LogP contribution in [0.25, 0.3) is 0 Å². The normalized spacial score (nSPS) is 16.5. The predicted molar refractivity (Wildman–Crippen MR) is 83.1 cm³/mol. The summed E-state index contributed by atoms with van der Waals surface area (Å²) in [5.41, 5.74) is 1.10. The summed E-state index contributed by atoms with van der Waals surface area (Å²) in [7, 11) is 1.54. The average molecular weight is 330 g/mol. The first kappa shape index (κ1) is 16.3. The van der Waals surface area contributed by atoms with E-state index >= 15 is 0 Å². The number of carbonyl (C=O) groups is 1. The van der Waals surface area contributed by atoms with Gasteiger partial charge in [-0.1, -0.05) is 19.8 Å². The number of amides is 1. The molecule has 0 heterocycles. The van der Waals surface area contributed by atoms with Crippen molar-refractivity contribution in [2.75, 3.05) is 0 Å². The summed E-state index contributed by atoms with van der Waals surface area (Å²) in [5.74, 6) is 0.596. The van der Waals surface area contributed by atoms with E-state index in [0.717, 1.165) is 18.8 Å². The molecule has 1 N–H and O–H groups in total. The molecule has 1 unspecified atom stereocenters. The lowest BCUT2D eigenvalue weighted by Gasteiger charge is -2.17. The van der Waals surface area contributed by atoms with Gasteiger partial charge in [-0.05, 0) is 49.4 Å². The van der Waals surface area contributed by atoms with Gasteiger partial charge in [0.25, 0.3) is 15.0 Å². The molecule has 1 saturated carbocycles. The van der Waals surface area contributed by atoms with Crippen LogP contribution in [0, 0.1) is 12.8 Å². The van der Waals surface area contributed by atoms with Gasteiger partial charge in [0.2, 0.25) is 0 Å². The Hall–Kier alpha value is -1.07. The van der Waals surface area contributed by atoms with Crippen molar-refractivity contribution in [2.45, 2.75) is 50.5 Å². The SMILES string of the molecule is CCC(CC1CC1)NC(=O)c1ccc(S(=O)(=O)Cl)cc1C. The van der Waals surface area contributed by atoms with Crippen molar-refractivity contribution in [3.8, 4) is 0 Å². The first-order valence-corrected chi connectivity index (χ1v) is 9.48. The predicted octanol–water partition coefficient (Wildman–Crippen LogP) is 3.23. The molecule has 6 heteroatoms. The molecule has 1 aliphatic rings. The number of benzene rings is 1. The Morgan fingerprint density at radius 1 is 1.43 bits per heavy atom. The molecule has 0 spiro atoms. The highest BCUT2D eigenvalue weighted by Gasteiger charge is 2.26. The summed E-state index contributed by atoms with van der Waals surface area (Å²) >= 11 is 0. The lowest BCUT2D eigenvalue weighted by Crippen LogP contribution is -2.35. The molecule has 1 atom stereocenters. The maximum absolute atomic E-state index is 12.3. The third kappa shape index (κ3) is 4.45. The molecule has 0 saturated heterocycles. The fourth-order valence-corrected chi connectivity index (χ4v) is 3.23. The minimum absolute atomic E-state index is 0.0169. The van der Waals surface area contributed by atoms with Crippen molar-refractivity contribution in [1.82, 2.24) is 5.32 Å². The Balaban J connectivity index is 2.11. The number of hydrogen-bond donors (Lipinski definition) is 1. The second kappa shape index (κ2) is 6.36. The van der Waals surface area contributed by atoms with Crippen molar-refractivity contribution in [3.63, 3.8) is 0 Å². The van der Waals surface area contributed by atoms with E-state index in [1.54, 1.807) is 6.92 Å². The molecule has 21 heavy (non-hydrogen) atoms. The molecule has 2 rings (SSSR count). The van der Waals surface area contributed by atoms with Crippen LogP contribution in [0.1, 0.15) is 48.5 Å². The molecule has 1 fully saturated rings. The molecule has 0 bridgehead atoms. The first-order chi connectivity index (χ1) is 9.81. The lowest BCUT2D eigenvalue weighted by molar-refractivity contribution is 0.0932. The Morgan fingerprint density at radius 2 is 2.10 bits per heavy atom. The van der Waals surface area contributed by atoms with Gasteiger partial charge in [-0.2, -0.15) is 0 Å². The molecule has 1 aromatic carbocycles. The summed E-state index contributed by atoms with van der Waals surface area (Å²) in [6, 6.07) is 4.50. The van der Waals surface area contributed by atoms with E-state index in [2.05, 4.69) is 12.2 Å². The lowest BCUT2D eigenvalue weighted by atomic mass is 10.0. The smallest absolute Gasteiger partial charge is 0.261 e. The van der Waals surface area contributed by atoms with Gasteiger partial charge < -0.3 is 5.32 Å². The second-order valence-corrected chi connectivity index (χ2v) is 8.24. The van der Waals surface area contributed by atoms with Crippen LogP contribution in [0.5, 0.6) is 0 Å². The van der Waals surface area contributed by atoms with Crippen LogP contribution in [0.3, 0.4) is 0 Å². The van der Waals surface area contributed by atoms with E-state index in [0.29, 0.717) is 11.1 Å². The molecule has 116 valence electrons. The zero-order valence-electron chi connectivity index (χ0n) is 12.2. The van der Waals surface area contributed by atoms with Gasteiger partial charge in [0.1, 0.15) is 0 Å². The van der Waals surface area contributed by atoms with Crippen molar-refractivity contribution < 1.29 is 13.2 Å². The number of nitrogens with one attached hydrogen (secondary N) is 1. The van der Waals surface area contributed by atoms with Crippen LogP contribution in [0.4, 0.5) is 0 Å². The quantitative estimate of drug-likeness (QED) is 0.815. The van der Waals surface area contributed by atoms with Crippen LogP contribution in [0.15, 0.2) is 23.1 Å². The first-order valence-electron chi connectivity index (χ1n) is 7.17. The second-order valence-electron chi connectivity index (χ2n) is 5.67. The van der Waals surface area contributed by atoms with Gasteiger partial charge >= 0.3 is 0 Å². The number of rotatable bonds is 6. The fourth-order valence-electron chi connectivity index (χ4n) is 2.39. The molecule has 1 aromatic rings. The van der Waals surface area contributed by atoms with E-state index < -0.39 is 9.05 Å². The van der Waals surface area contributed by atoms with E-state index in [9.17, 15) is 13.2 Å². The molecular formula is C15H20ClNO3S. The van der Waals surface area contributed by atoms with Crippen molar-refractivity contribution in [3.05, 3.63) is 29.3 Å². The van der Waals surface area contributed by atoms with E-state index in [1.165, 1.54) is 31.0 Å². The van der Waals surface area contributed by atoms with Gasteiger partial charge in [-0.3, -0.25) is 4.79 Å². The molecule has 1 amide bonds. The molecule has 0 aromatic heterocycles. The summed E-state index contributed by atoms with van der Waals surface area (Å²) in [4.78, 5) is 12.3. The number of halogens is 1. The minimum atomic E-state index is -3.76. The van der Waals surface area contributed by atoms with Crippen LogP contribution < -0.4 is 5.32 Å². The van der Waals surface area contributed by atoms with Gasteiger partial charge in [0.05, 0.1) is 4.90 Å². The molecule has 4 nitrogen and oxygen atoms in total. The van der Waals surface area contributed by atoms with Gasteiger partial charge in [0.15, 0.2) is 0 Å². The maximum atomic E-state index is 12.3. The zero-order chi connectivity index (χ0) is 15.6. The molecular weight excluding hydrogens is 310 g/mol. The Morgan fingerprint density at radius 3 is 2.57 bits per heavy atom. The Labute approximate surface area is 130 Å². The van der Waals surface area contributed by atoms with E-state index in [4.69, 9.17) is 10.7 Å². The largest absolute Gasteiger partial charge is 0.349 e. The van der Waals surface area contributed by atoms with E-state index in [-0.39, 0.29) is 16.8 Å². The van der Waals surface area contributed by atoms with Crippen molar-refractivity contribution >= 4 is 25.6 Å². The maximum Gasteiger partial charge on any atom is 0.261 e. The fraction of sp³-hybridized carbons (Fsp3) is 0.533. The number of aryl methyl sites for hydroxylation is 1. The third-order valence-electron chi connectivity index (χ3n) is 3.87. The van der Waals surface area contributed by atoms with Gasteiger partial charge in [0, 0.05) is 22.3 Å². The number of hydrogen-bond acceptors (Lipinski definition) is 3. The Kier molecular flexibility index (Phi) is 4.94. The van der Waals surface area contributed by atoms with Gasteiger partial charge in [-0.25, -0.2) is 8.42 Å². The highest BCUT2D eigenvalue weighted by molar-refractivity contribution is 8.13. The minimum Gasteiger partial charge on any atom is -0.349 e. The Bertz CT molecular complexity index is 638. The summed E-state index contributed by atoms with van der Waals surface area (Å²) in [6.07, 6.45) is 4.44. The highest BCUT2D eigenvalue weighted by Crippen LogP contribution is 2.34.